The number of nitrogens with zero attached hydrogens (tertiary/aromatic N) is 1. The van der Waals surface area contributed by atoms with Crippen molar-refractivity contribution in [1.29, 1.82) is 0 Å². The molecule has 0 unspecified atom stereocenters. The Bertz CT molecular complexity index is 1610. The lowest BCUT2D eigenvalue weighted by Gasteiger charge is -2.20. The standard InChI is InChI=1S/C32H29FN4O2/c33-24-10-13-30(38)27(18-24)31(29-17-22-4-1-2-7-28(22)35-29)36-32(39)23-6-3-5-21(16-23)20-8-11-26(12-9-20)37-15-14-25(34)19-37/h1-13,16-18,25,31,35,38H,14-15,19,34H2,(H,36,39)/t25-,31+/m0/s1. The Morgan fingerprint density at radius 3 is 2.56 bits per heavy atom. The number of aromatic nitrogens is 1. The number of carbonyl (C=O) groups excluding carboxylic acids is 1. The number of para-hydroxylation sites is 1. The van der Waals surface area contributed by atoms with E-state index in [1.54, 1.807) is 6.07 Å². The highest BCUT2D eigenvalue weighted by molar-refractivity contribution is 5.96. The molecule has 0 aliphatic carbocycles. The lowest BCUT2D eigenvalue weighted by molar-refractivity contribution is 0.0942. The van der Waals surface area contributed by atoms with E-state index in [1.165, 1.54) is 18.2 Å². The second-order valence-electron chi connectivity index (χ2n) is 10.0. The van der Waals surface area contributed by atoms with Gasteiger partial charge >= 0.3 is 0 Å². The van der Waals surface area contributed by atoms with Gasteiger partial charge in [-0.25, -0.2) is 4.39 Å². The Labute approximate surface area is 225 Å². The van der Waals surface area contributed by atoms with Crippen LogP contribution in [-0.2, 0) is 0 Å². The average Bonchev–Trinajstić information content (AvgIpc) is 3.59. The van der Waals surface area contributed by atoms with Crippen molar-refractivity contribution in [2.24, 2.45) is 5.73 Å². The van der Waals surface area contributed by atoms with Gasteiger partial charge in [-0.2, -0.15) is 0 Å². The summed E-state index contributed by atoms with van der Waals surface area (Å²) in [7, 11) is 0. The van der Waals surface area contributed by atoms with Crippen LogP contribution in [0.25, 0.3) is 22.0 Å². The van der Waals surface area contributed by atoms with Crippen molar-refractivity contribution in [2.45, 2.75) is 18.5 Å². The van der Waals surface area contributed by atoms with Gasteiger partial charge in [-0.15, -0.1) is 0 Å². The molecule has 5 aromatic rings. The topological polar surface area (TPSA) is 94.4 Å². The Kier molecular flexibility index (Phi) is 6.50. The van der Waals surface area contributed by atoms with Crippen LogP contribution in [0.1, 0.15) is 34.1 Å². The molecule has 196 valence electrons. The molecule has 5 N–H and O–H groups in total. The van der Waals surface area contributed by atoms with Crippen LogP contribution in [0.4, 0.5) is 10.1 Å². The van der Waals surface area contributed by atoms with Crippen LogP contribution in [-0.4, -0.2) is 35.1 Å². The lowest BCUT2D eigenvalue weighted by Crippen LogP contribution is -2.29. The van der Waals surface area contributed by atoms with Gasteiger partial charge in [0.1, 0.15) is 11.6 Å². The summed E-state index contributed by atoms with van der Waals surface area (Å²) in [6.45, 7) is 1.81. The fourth-order valence-corrected chi connectivity index (χ4v) is 5.27. The molecule has 6 nitrogen and oxygen atoms in total. The van der Waals surface area contributed by atoms with Gasteiger partial charge in [-0.05, 0) is 77.5 Å². The maximum Gasteiger partial charge on any atom is 0.252 e. The highest BCUT2D eigenvalue weighted by Crippen LogP contribution is 2.32. The van der Waals surface area contributed by atoms with Crippen molar-refractivity contribution >= 4 is 22.5 Å². The maximum atomic E-state index is 14.2. The van der Waals surface area contributed by atoms with Gasteiger partial charge in [-0.3, -0.25) is 4.79 Å². The summed E-state index contributed by atoms with van der Waals surface area (Å²) in [6.07, 6.45) is 0.992. The number of anilines is 1. The number of phenolic OH excluding ortho intramolecular Hbond substituents is 1. The molecule has 1 aliphatic heterocycles. The van der Waals surface area contributed by atoms with Crippen LogP contribution in [0, 0.1) is 5.82 Å². The second-order valence-corrected chi connectivity index (χ2v) is 10.0. The van der Waals surface area contributed by atoms with Crippen molar-refractivity contribution in [3.8, 4) is 16.9 Å². The predicted octanol–water partition coefficient (Wildman–Crippen LogP) is 5.74. The van der Waals surface area contributed by atoms with E-state index >= 15 is 0 Å². The number of phenols is 1. The normalized spacial score (nSPS) is 15.9. The van der Waals surface area contributed by atoms with Gasteiger partial charge in [-0.1, -0.05) is 42.5 Å². The van der Waals surface area contributed by atoms with Gasteiger partial charge < -0.3 is 26.0 Å². The number of nitrogens with two attached hydrogens (primary N) is 1. The van der Waals surface area contributed by atoms with E-state index < -0.39 is 11.9 Å². The summed E-state index contributed by atoms with van der Waals surface area (Å²) in [4.78, 5) is 19.1. The third kappa shape index (κ3) is 5.09. The first kappa shape index (κ1) is 24.7. The molecule has 1 aliphatic rings. The van der Waals surface area contributed by atoms with E-state index in [1.807, 2.05) is 60.7 Å². The zero-order chi connectivity index (χ0) is 26.9. The first-order chi connectivity index (χ1) is 18.9. The van der Waals surface area contributed by atoms with Crippen LogP contribution in [0.15, 0.2) is 97.1 Å². The van der Waals surface area contributed by atoms with Gasteiger partial charge in [0.2, 0.25) is 0 Å². The van der Waals surface area contributed by atoms with E-state index in [9.17, 15) is 14.3 Å². The van der Waals surface area contributed by atoms with Crippen LogP contribution >= 0.6 is 0 Å². The molecule has 1 fully saturated rings. The molecule has 39 heavy (non-hydrogen) atoms. The van der Waals surface area contributed by atoms with E-state index in [0.717, 1.165) is 47.2 Å². The largest absolute Gasteiger partial charge is 0.508 e. The molecular weight excluding hydrogens is 491 g/mol. The second kappa shape index (κ2) is 10.3. The number of amides is 1. The van der Waals surface area contributed by atoms with Gasteiger partial charge in [0.15, 0.2) is 0 Å². The summed E-state index contributed by atoms with van der Waals surface area (Å²) >= 11 is 0. The number of halogens is 1. The molecule has 0 saturated carbocycles. The zero-order valence-corrected chi connectivity index (χ0v) is 21.3. The number of hydrogen-bond donors (Lipinski definition) is 4. The molecule has 4 aromatic carbocycles. The molecule has 2 atom stereocenters. The van der Waals surface area contributed by atoms with Gasteiger partial charge in [0.05, 0.1) is 6.04 Å². The number of rotatable bonds is 6. The number of aromatic hydroxyl groups is 1. The summed E-state index contributed by atoms with van der Waals surface area (Å²) in [5.41, 5.74) is 11.3. The molecule has 0 bridgehead atoms. The van der Waals surface area contributed by atoms with E-state index in [-0.39, 0.29) is 23.3 Å². The number of aromatic amines is 1. The SMILES string of the molecule is N[C@H]1CCN(c2ccc(-c3cccc(C(=O)N[C@@H](c4cc5ccccc5[nH]4)c4cc(F)ccc4O)c3)cc2)C1. The fraction of sp³-hybridized carbons (Fsp3) is 0.156. The van der Waals surface area contributed by atoms with Crippen LogP contribution < -0.4 is 16.0 Å². The van der Waals surface area contributed by atoms with Gasteiger partial charge in [0.25, 0.3) is 5.91 Å². The molecule has 1 amide bonds. The Balaban J connectivity index is 1.29. The summed E-state index contributed by atoms with van der Waals surface area (Å²) in [5, 5.41) is 14.5. The molecule has 6 rings (SSSR count). The third-order valence-corrected chi connectivity index (χ3v) is 7.35. The minimum Gasteiger partial charge on any atom is -0.508 e. The summed E-state index contributed by atoms with van der Waals surface area (Å²) < 4.78 is 14.2. The van der Waals surface area contributed by atoms with E-state index in [2.05, 4.69) is 27.3 Å². The molecular formula is C32H29FN4O2. The van der Waals surface area contributed by atoms with Crippen molar-refractivity contribution in [1.82, 2.24) is 10.3 Å². The lowest BCUT2D eigenvalue weighted by atomic mass is 10.00. The monoisotopic (exact) mass is 520 g/mol. The minimum atomic E-state index is -0.796. The minimum absolute atomic E-state index is 0.104. The number of H-pyrrole nitrogens is 1. The predicted molar refractivity (Wildman–Crippen MR) is 152 cm³/mol. The molecule has 1 saturated heterocycles. The first-order valence-electron chi connectivity index (χ1n) is 13.0. The van der Waals surface area contributed by atoms with Gasteiger partial charge in [0, 0.05) is 47.2 Å². The first-order valence-corrected chi connectivity index (χ1v) is 13.0. The van der Waals surface area contributed by atoms with E-state index in [0.29, 0.717) is 11.3 Å². The number of benzene rings is 4. The summed E-state index contributed by atoms with van der Waals surface area (Å²) in [6, 6.07) is 28.4. The molecule has 0 radical (unpaired) electrons. The molecule has 7 heteroatoms. The Morgan fingerprint density at radius 1 is 0.974 bits per heavy atom. The summed E-state index contributed by atoms with van der Waals surface area (Å²) in [5.74, 6) is -0.945. The maximum absolute atomic E-state index is 14.2. The van der Waals surface area contributed by atoms with E-state index in [4.69, 9.17) is 5.73 Å². The zero-order valence-electron chi connectivity index (χ0n) is 21.3. The number of fused-ring (bicyclic) bond motifs is 1. The highest BCUT2D eigenvalue weighted by Gasteiger charge is 2.24. The highest BCUT2D eigenvalue weighted by atomic mass is 19.1. The van der Waals surface area contributed by atoms with Crippen LogP contribution in [0.5, 0.6) is 5.75 Å². The fourth-order valence-electron chi connectivity index (χ4n) is 5.27. The van der Waals surface area contributed by atoms with Crippen LogP contribution in [0.2, 0.25) is 0 Å². The van der Waals surface area contributed by atoms with Crippen molar-refractivity contribution in [2.75, 3.05) is 18.0 Å². The average molecular weight is 521 g/mol. The molecule has 0 spiro atoms. The Morgan fingerprint density at radius 2 is 1.79 bits per heavy atom. The number of carbonyl (C=O) groups is 1. The Hall–Kier alpha value is -4.62. The smallest absolute Gasteiger partial charge is 0.252 e. The molecule has 2 heterocycles. The van der Waals surface area contributed by atoms with Crippen molar-refractivity contribution in [3.63, 3.8) is 0 Å². The quantitative estimate of drug-likeness (QED) is 0.230. The third-order valence-electron chi connectivity index (χ3n) is 7.35. The number of nitrogens with one attached hydrogen (secondary N) is 2. The number of hydrogen-bond acceptors (Lipinski definition) is 4. The van der Waals surface area contributed by atoms with Crippen LogP contribution in [0.3, 0.4) is 0 Å². The molecule has 1 aromatic heterocycles. The van der Waals surface area contributed by atoms with Crippen molar-refractivity contribution < 1.29 is 14.3 Å². The van der Waals surface area contributed by atoms with Crippen molar-refractivity contribution in [3.05, 3.63) is 120 Å².